The maximum Gasteiger partial charge on any atom is 0.256 e. The molecule has 0 radical (unpaired) electrons. The minimum atomic E-state index is -0.327. The lowest BCUT2D eigenvalue weighted by molar-refractivity contribution is -0.114. The third-order valence-electron chi connectivity index (χ3n) is 4.05. The van der Waals surface area contributed by atoms with Crippen molar-refractivity contribution in [2.24, 2.45) is 0 Å². The fourth-order valence-corrected chi connectivity index (χ4v) is 3.04. The molecule has 3 rings (SSSR count). The number of hydrogen-bond donors (Lipinski definition) is 2. The van der Waals surface area contributed by atoms with Crippen LogP contribution in [0.25, 0.3) is 11.1 Å². The minimum Gasteiger partial charge on any atom is -0.325 e. The molecule has 0 atom stereocenters. The van der Waals surface area contributed by atoms with Crippen molar-refractivity contribution in [1.29, 1.82) is 5.26 Å². The number of halogens is 1. The predicted octanol–water partition coefficient (Wildman–Crippen LogP) is 5.09. The first-order chi connectivity index (χ1) is 13.5. The first kappa shape index (κ1) is 19.2. The summed E-state index contributed by atoms with van der Waals surface area (Å²) in [5, 5.41) is 15.1. The molecule has 6 heteroatoms. The van der Waals surface area contributed by atoms with Crippen LogP contribution < -0.4 is 10.6 Å². The summed E-state index contributed by atoms with van der Waals surface area (Å²) in [6, 6.07) is 21.2. The van der Waals surface area contributed by atoms with E-state index in [0.29, 0.717) is 38.7 Å². The molecular formula is C22H16ClN3O2. The molecule has 0 aliphatic carbocycles. The van der Waals surface area contributed by atoms with Gasteiger partial charge in [-0.05, 0) is 35.9 Å². The van der Waals surface area contributed by atoms with Crippen molar-refractivity contribution in [3.63, 3.8) is 0 Å². The van der Waals surface area contributed by atoms with E-state index in [4.69, 9.17) is 11.6 Å². The van der Waals surface area contributed by atoms with Crippen LogP contribution in [-0.4, -0.2) is 11.8 Å². The van der Waals surface area contributed by atoms with Gasteiger partial charge in [-0.1, -0.05) is 48.0 Å². The largest absolute Gasteiger partial charge is 0.325 e. The van der Waals surface area contributed by atoms with Gasteiger partial charge in [0.1, 0.15) is 0 Å². The Morgan fingerprint density at radius 2 is 1.61 bits per heavy atom. The summed E-state index contributed by atoms with van der Waals surface area (Å²) in [6.07, 6.45) is 0. The molecule has 0 bridgehead atoms. The van der Waals surface area contributed by atoms with Crippen LogP contribution in [0.2, 0.25) is 5.02 Å². The summed E-state index contributed by atoms with van der Waals surface area (Å²) in [4.78, 5) is 24.1. The quantitative estimate of drug-likeness (QED) is 0.652. The van der Waals surface area contributed by atoms with Gasteiger partial charge in [0.05, 0.1) is 22.3 Å². The molecule has 138 valence electrons. The number of rotatable bonds is 4. The molecule has 0 heterocycles. The lowest BCUT2D eigenvalue weighted by Gasteiger charge is -2.12. The van der Waals surface area contributed by atoms with Crippen molar-refractivity contribution in [2.45, 2.75) is 6.92 Å². The molecule has 0 spiro atoms. The average Bonchev–Trinajstić information content (AvgIpc) is 2.69. The number of benzene rings is 3. The van der Waals surface area contributed by atoms with Crippen LogP contribution in [0.1, 0.15) is 22.8 Å². The highest BCUT2D eigenvalue weighted by molar-refractivity contribution is 6.34. The number of hydrogen-bond acceptors (Lipinski definition) is 3. The Kier molecular flexibility index (Phi) is 5.73. The third kappa shape index (κ3) is 4.20. The molecular weight excluding hydrogens is 374 g/mol. The van der Waals surface area contributed by atoms with E-state index >= 15 is 0 Å². The molecule has 28 heavy (non-hydrogen) atoms. The SMILES string of the molecule is CC(=O)Nc1ccc(NC(=O)c2ccccc2-c2ccccc2C#N)cc1Cl. The van der Waals surface area contributed by atoms with Gasteiger partial charge in [0, 0.05) is 23.7 Å². The molecule has 3 aromatic carbocycles. The number of anilines is 2. The van der Waals surface area contributed by atoms with Gasteiger partial charge in [0.2, 0.25) is 5.91 Å². The lowest BCUT2D eigenvalue weighted by atomic mass is 9.95. The number of nitrogens with zero attached hydrogens (tertiary/aromatic N) is 1. The number of nitrogens with one attached hydrogen (secondary N) is 2. The van der Waals surface area contributed by atoms with Crippen molar-refractivity contribution in [3.05, 3.63) is 82.9 Å². The van der Waals surface area contributed by atoms with Crippen LogP contribution >= 0.6 is 11.6 Å². The molecule has 0 saturated carbocycles. The molecule has 0 saturated heterocycles. The summed E-state index contributed by atoms with van der Waals surface area (Å²) < 4.78 is 0. The third-order valence-corrected chi connectivity index (χ3v) is 4.36. The number of carbonyl (C=O) groups is 2. The van der Waals surface area contributed by atoms with E-state index in [-0.39, 0.29) is 11.8 Å². The van der Waals surface area contributed by atoms with Gasteiger partial charge in [0.15, 0.2) is 0 Å². The van der Waals surface area contributed by atoms with Gasteiger partial charge in [-0.3, -0.25) is 9.59 Å². The molecule has 0 aromatic heterocycles. The lowest BCUT2D eigenvalue weighted by Crippen LogP contribution is -2.13. The molecule has 2 N–H and O–H groups in total. The number of amides is 2. The van der Waals surface area contributed by atoms with E-state index in [1.165, 1.54) is 6.92 Å². The van der Waals surface area contributed by atoms with E-state index in [1.54, 1.807) is 48.5 Å². The van der Waals surface area contributed by atoms with Crippen molar-refractivity contribution in [2.75, 3.05) is 10.6 Å². The van der Waals surface area contributed by atoms with Crippen LogP contribution in [0.4, 0.5) is 11.4 Å². The van der Waals surface area contributed by atoms with E-state index in [0.717, 1.165) is 0 Å². The topological polar surface area (TPSA) is 82.0 Å². The van der Waals surface area contributed by atoms with Crippen LogP contribution in [0.3, 0.4) is 0 Å². The van der Waals surface area contributed by atoms with Crippen molar-refractivity contribution >= 4 is 34.8 Å². The fourth-order valence-electron chi connectivity index (χ4n) is 2.81. The molecule has 0 aliphatic rings. The second-order valence-corrected chi connectivity index (χ2v) is 6.44. The van der Waals surface area contributed by atoms with Crippen LogP contribution in [0.15, 0.2) is 66.7 Å². The van der Waals surface area contributed by atoms with Gasteiger partial charge in [-0.25, -0.2) is 0 Å². The van der Waals surface area contributed by atoms with Gasteiger partial charge in [-0.15, -0.1) is 0 Å². The van der Waals surface area contributed by atoms with Gasteiger partial charge in [0.25, 0.3) is 5.91 Å². The molecule has 0 fully saturated rings. The van der Waals surface area contributed by atoms with Crippen LogP contribution in [0, 0.1) is 11.3 Å². The summed E-state index contributed by atoms with van der Waals surface area (Å²) in [5.74, 6) is -0.560. The monoisotopic (exact) mass is 389 g/mol. The predicted molar refractivity (Wildman–Crippen MR) is 110 cm³/mol. The first-order valence-corrected chi connectivity index (χ1v) is 8.84. The van der Waals surface area contributed by atoms with Crippen molar-refractivity contribution in [3.8, 4) is 17.2 Å². The average molecular weight is 390 g/mol. The minimum absolute atomic E-state index is 0.233. The Morgan fingerprint density at radius 3 is 2.29 bits per heavy atom. The smallest absolute Gasteiger partial charge is 0.256 e. The second kappa shape index (κ2) is 8.38. The van der Waals surface area contributed by atoms with Gasteiger partial charge < -0.3 is 10.6 Å². The number of nitriles is 1. The van der Waals surface area contributed by atoms with Crippen molar-refractivity contribution in [1.82, 2.24) is 0 Å². The Hall–Kier alpha value is -3.62. The van der Waals surface area contributed by atoms with E-state index in [2.05, 4.69) is 16.7 Å². The Labute approximate surface area is 167 Å². The zero-order valence-corrected chi connectivity index (χ0v) is 15.7. The molecule has 2 amide bonds. The molecule has 5 nitrogen and oxygen atoms in total. The first-order valence-electron chi connectivity index (χ1n) is 8.46. The summed E-state index contributed by atoms with van der Waals surface area (Å²) in [6.45, 7) is 1.39. The maximum atomic E-state index is 12.9. The van der Waals surface area contributed by atoms with Gasteiger partial charge >= 0.3 is 0 Å². The highest BCUT2D eigenvalue weighted by Gasteiger charge is 2.15. The normalized spacial score (nSPS) is 10.0. The van der Waals surface area contributed by atoms with Crippen LogP contribution in [0.5, 0.6) is 0 Å². The van der Waals surface area contributed by atoms with E-state index < -0.39 is 0 Å². The van der Waals surface area contributed by atoms with E-state index in [1.807, 2.05) is 18.2 Å². The Bertz CT molecular complexity index is 1100. The summed E-state index contributed by atoms with van der Waals surface area (Å²) >= 11 is 6.17. The fraction of sp³-hybridized carbons (Fsp3) is 0.0455. The summed E-state index contributed by atoms with van der Waals surface area (Å²) in [7, 11) is 0. The maximum absolute atomic E-state index is 12.9. The summed E-state index contributed by atoms with van der Waals surface area (Å²) in [5.41, 5.74) is 3.24. The Balaban J connectivity index is 1.92. The van der Waals surface area contributed by atoms with Crippen molar-refractivity contribution < 1.29 is 9.59 Å². The zero-order chi connectivity index (χ0) is 20.1. The second-order valence-electron chi connectivity index (χ2n) is 6.03. The van der Waals surface area contributed by atoms with Gasteiger partial charge in [-0.2, -0.15) is 5.26 Å². The molecule has 0 aliphatic heterocycles. The molecule has 3 aromatic rings. The molecule has 0 unspecified atom stereocenters. The number of carbonyl (C=O) groups excluding carboxylic acids is 2. The standard InChI is InChI=1S/C22H16ClN3O2/c1-14(27)25-21-11-10-16(12-20(21)23)26-22(28)19-9-5-4-8-18(19)17-7-3-2-6-15(17)13-24/h2-12H,1H3,(H,25,27)(H,26,28). The zero-order valence-electron chi connectivity index (χ0n) is 15.0. The highest BCUT2D eigenvalue weighted by Crippen LogP contribution is 2.29. The van der Waals surface area contributed by atoms with E-state index in [9.17, 15) is 14.9 Å². The highest BCUT2D eigenvalue weighted by atomic mass is 35.5. The van der Waals surface area contributed by atoms with Crippen LogP contribution in [-0.2, 0) is 4.79 Å². The Morgan fingerprint density at radius 1 is 0.929 bits per heavy atom.